The van der Waals surface area contributed by atoms with Gasteiger partial charge in [0.15, 0.2) is 0 Å². The number of sulfonamides is 1. The maximum atomic E-state index is 13.0. The fraction of sp³-hybridized carbons (Fsp3) is 0.143. The minimum atomic E-state index is -3.54. The second kappa shape index (κ2) is 8.65. The molecule has 6 heteroatoms. The molecule has 3 rings (SSSR count). The van der Waals surface area contributed by atoms with E-state index >= 15 is 0 Å². The first-order chi connectivity index (χ1) is 12.9. The summed E-state index contributed by atoms with van der Waals surface area (Å²) in [5.74, 6) is -0.241. The van der Waals surface area contributed by atoms with Crippen LogP contribution in [-0.2, 0) is 22.9 Å². The van der Waals surface area contributed by atoms with Gasteiger partial charge in [0.25, 0.3) is 0 Å². The van der Waals surface area contributed by atoms with E-state index in [1.54, 1.807) is 24.3 Å². The summed E-state index contributed by atoms with van der Waals surface area (Å²) in [7, 11) is -3.54. The van der Waals surface area contributed by atoms with Crippen molar-refractivity contribution in [1.29, 1.82) is 0 Å². The van der Waals surface area contributed by atoms with E-state index in [9.17, 15) is 12.8 Å². The van der Waals surface area contributed by atoms with Crippen LogP contribution in [0.5, 0.6) is 0 Å². The summed E-state index contributed by atoms with van der Waals surface area (Å²) in [5, 5.41) is 0.495. The summed E-state index contributed by atoms with van der Waals surface area (Å²) in [6, 6.07) is 20.5. The highest BCUT2D eigenvalue weighted by molar-refractivity contribution is 7.89. The Morgan fingerprint density at radius 3 is 1.89 bits per heavy atom. The molecule has 0 aliphatic carbocycles. The molecule has 0 atom stereocenters. The number of benzene rings is 3. The molecule has 0 heterocycles. The quantitative estimate of drug-likeness (QED) is 0.627. The van der Waals surface area contributed by atoms with E-state index in [2.05, 4.69) is 4.72 Å². The normalized spacial score (nSPS) is 11.5. The van der Waals surface area contributed by atoms with Crippen molar-refractivity contribution in [3.8, 4) is 0 Å². The Hall–Kier alpha value is -2.21. The minimum Gasteiger partial charge on any atom is -0.211 e. The molecule has 0 bridgehead atoms. The lowest BCUT2D eigenvalue weighted by Crippen LogP contribution is -2.25. The molecule has 0 saturated carbocycles. The van der Waals surface area contributed by atoms with Crippen LogP contribution in [0.15, 0.2) is 77.7 Å². The second-order valence-electron chi connectivity index (χ2n) is 6.22. The van der Waals surface area contributed by atoms with Crippen molar-refractivity contribution in [2.75, 3.05) is 6.54 Å². The summed E-state index contributed by atoms with van der Waals surface area (Å²) >= 11 is 5.78. The van der Waals surface area contributed by atoms with Gasteiger partial charge in [0.1, 0.15) is 5.82 Å². The number of hydrogen-bond donors (Lipinski definition) is 1. The van der Waals surface area contributed by atoms with E-state index in [4.69, 9.17) is 11.6 Å². The lowest BCUT2D eigenvalue weighted by Gasteiger charge is -2.08. The monoisotopic (exact) mass is 403 g/mol. The van der Waals surface area contributed by atoms with Crippen molar-refractivity contribution in [3.63, 3.8) is 0 Å². The molecule has 3 nitrogen and oxygen atoms in total. The van der Waals surface area contributed by atoms with Crippen LogP contribution in [0.3, 0.4) is 0 Å². The first-order valence-corrected chi connectivity index (χ1v) is 10.4. The molecule has 140 valence electrons. The van der Waals surface area contributed by atoms with Gasteiger partial charge in [0, 0.05) is 11.6 Å². The maximum absolute atomic E-state index is 13.0. The summed E-state index contributed by atoms with van der Waals surface area (Å²) in [4.78, 5) is 0.196. The van der Waals surface area contributed by atoms with E-state index in [0.29, 0.717) is 18.0 Å². The number of nitrogens with one attached hydrogen (secondary N) is 1. The Balaban J connectivity index is 1.54. The van der Waals surface area contributed by atoms with Gasteiger partial charge in [-0.15, -0.1) is 0 Å². The van der Waals surface area contributed by atoms with Crippen LogP contribution in [-0.4, -0.2) is 15.0 Å². The fourth-order valence-corrected chi connectivity index (χ4v) is 3.85. The molecule has 0 radical (unpaired) electrons. The van der Waals surface area contributed by atoms with E-state index in [0.717, 1.165) is 23.1 Å². The highest BCUT2D eigenvalue weighted by Crippen LogP contribution is 2.15. The van der Waals surface area contributed by atoms with Crippen LogP contribution in [0, 0.1) is 5.82 Å². The number of rotatable bonds is 7. The predicted octanol–water partition coefficient (Wildman–Crippen LogP) is 4.59. The first-order valence-electron chi connectivity index (χ1n) is 8.50. The molecule has 1 N–H and O–H groups in total. The average molecular weight is 404 g/mol. The van der Waals surface area contributed by atoms with Gasteiger partial charge in [-0.3, -0.25) is 0 Å². The molecule has 27 heavy (non-hydrogen) atoms. The van der Waals surface area contributed by atoms with Gasteiger partial charge in [-0.05, 0) is 65.9 Å². The molecule has 0 aliphatic rings. The van der Waals surface area contributed by atoms with Gasteiger partial charge in [0.05, 0.1) is 4.90 Å². The molecular formula is C21H19ClFNO2S. The highest BCUT2D eigenvalue weighted by atomic mass is 35.5. The molecule has 0 amide bonds. The average Bonchev–Trinajstić information content (AvgIpc) is 2.65. The third-order valence-corrected chi connectivity index (χ3v) is 5.90. The molecule has 0 aromatic heterocycles. The minimum absolute atomic E-state index is 0.196. The van der Waals surface area contributed by atoms with Gasteiger partial charge < -0.3 is 0 Å². The second-order valence-corrected chi connectivity index (χ2v) is 8.42. The van der Waals surface area contributed by atoms with E-state index in [-0.39, 0.29) is 10.7 Å². The fourth-order valence-electron chi connectivity index (χ4n) is 2.69. The van der Waals surface area contributed by atoms with Crippen LogP contribution in [0.25, 0.3) is 0 Å². The zero-order chi connectivity index (χ0) is 19.3. The zero-order valence-corrected chi connectivity index (χ0v) is 16.1. The van der Waals surface area contributed by atoms with Crippen molar-refractivity contribution in [2.24, 2.45) is 0 Å². The third-order valence-electron chi connectivity index (χ3n) is 4.17. The molecule has 0 saturated heterocycles. The summed E-state index contributed by atoms with van der Waals surface area (Å²) < 4.78 is 40.0. The Morgan fingerprint density at radius 1 is 0.778 bits per heavy atom. The van der Waals surface area contributed by atoms with Crippen molar-refractivity contribution < 1.29 is 12.8 Å². The molecule has 0 unspecified atom stereocenters. The summed E-state index contributed by atoms with van der Waals surface area (Å²) in [6.45, 7) is 0.308. The molecular weight excluding hydrogens is 385 g/mol. The molecule has 0 spiro atoms. The maximum Gasteiger partial charge on any atom is 0.240 e. The molecule has 0 fully saturated rings. The largest absolute Gasteiger partial charge is 0.240 e. The van der Waals surface area contributed by atoms with Crippen molar-refractivity contribution in [2.45, 2.75) is 17.7 Å². The van der Waals surface area contributed by atoms with Crippen molar-refractivity contribution in [3.05, 3.63) is 100 Å². The van der Waals surface area contributed by atoms with Crippen LogP contribution in [0.4, 0.5) is 4.39 Å². The Morgan fingerprint density at radius 2 is 1.30 bits per heavy atom. The lowest BCUT2D eigenvalue weighted by atomic mass is 10.0. The van der Waals surface area contributed by atoms with Gasteiger partial charge >= 0.3 is 0 Å². The van der Waals surface area contributed by atoms with Gasteiger partial charge in [0.2, 0.25) is 10.0 Å². The van der Waals surface area contributed by atoms with Crippen LogP contribution < -0.4 is 4.72 Å². The van der Waals surface area contributed by atoms with Crippen molar-refractivity contribution in [1.82, 2.24) is 4.72 Å². The summed E-state index contributed by atoms with van der Waals surface area (Å²) in [6.07, 6.45) is 1.31. The highest BCUT2D eigenvalue weighted by Gasteiger charge is 2.12. The van der Waals surface area contributed by atoms with E-state index < -0.39 is 10.0 Å². The predicted molar refractivity (Wildman–Crippen MR) is 106 cm³/mol. The SMILES string of the molecule is O=S(=O)(NCCc1ccc(Cc2ccc(F)cc2)cc1)c1ccc(Cl)cc1. The summed E-state index contributed by atoms with van der Waals surface area (Å²) in [5.41, 5.74) is 3.20. The standard InChI is InChI=1S/C21H19ClFNO2S/c22-19-7-11-21(12-8-19)27(25,26)24-14-13-16-1-3-17(4-2-16)15-18-5-9-20(23)10-6-18/h1-12,24H,13-15H2. The molecule has 0 aliphatic heterocycles. The van der Waals surface area contributed by atoms with Crippen LogP contribution in [0.1, 0.15) is 16.7 Å². The van der Waals surface area contributed by atoms with Gasteiger partial charge in [-0.25, -0.2) is 17.5 Å². The molecule has 3 aromatic carbocycles. The van der Waals surface area contributed by atoms with Crippen LogP contribution >= 0.6 is 11.6 Å². The number of hydrogen-bond acceptors (Lipinski definition) is 2. The lowest BCUT2D eigenvalue weighted by molar-refractivity contribution is 0.581. The zero-order valence-electron chi connectivity index (χ0n) is 14.5. The first kappa shape index (κ1) is 19.5. The smallest absolute Gasteiger partial charge is 0.211 e. The van der Waals surface area contributed by atoms with Gasteiger partial charge in [-0.1, -0.05) is 48.0 Å². The van der Waals surface area contributed by atoms with Gasteiger partial charge in [-0.2, -0.15) is 0 Å². The Labute approximate surface area is 163 Å². The van der Waals surface area contributed by atoms with E-state index in [1.165, 1.54) is 24.3 Å². The third kappa shape index (κ3) is 5.63. The Kier molecular flexibility index (Phi) is 6.26. The number of halogens is 2. The Bertz CT molecular complexity index is 986. The molecule has 3 aromatic rings. The van der Waals surface area contributed by atoms with Crippen molar-refractivity contribution >= 4 is 21.6 Å². The topological polar surface area (TPSA) is 46.2 Å². The van der Waals surface area contributed by atoms with E-state index in [1.807, 2.05) is 24.3 Å². The van der Waals surface area contributed by atoms with Crippen LogP contribution in [0.2, 0.25) is 5.02 Å².